The number of methoxy groups -OCH3 is 4. The molecule has 0 unspecified atom stereocenters. The number of benzene rings is 1. The lowest BCUT2D eigenvalue weighted by molar-refractivity contribution is 0.142. The number of pyridine rings is 1. The molecule has 1 aliphatic rings. The van der Waals surface area contributed by atoms with Gasteiger partial charge < -0.3 is 24.3 Å². The largest absolute Gasteiger partial charge is 0.497 e. The first-order valence-electron chi connectivity index (χ1n) is 9.90. The van der Waals surface area contributed by atoms with Crippen LogP contribution in [0.5, 0.6) is 11.5 Å². The molecule has 30 heavy (non-hydrogen) atoms. The van der Waals surface area contributed by atoms with Gasteiger partial charge in [0.1, 0.15) is 17.3 Å². The van der Waals surface area contributed by atoms with Crippen LogP contribution in [-0.2, 0) is 21.4 Å². The second kappa shape index (κ2) is 9.67. The number of hydrogen-bond donors (Lipinski definition) is 1. The van der Waals surface area contributed by atoms with E-state index in [0.717, 1.165) is 46.2 Å². The molecule has 0 saturated heterocycles. The van der Waals surface area contributed by atoms with Crippen LogP contribution in [0, 0.1) is 0 Å². The minimum Gasteiger partial charge on any atom is -0.497 e. The number of rotatable bonds is 9. The van der Waals surface area contributed by atoms with Crippen molar-refractivity contribution in [2.75, 3.05) is 40.4 Å². The lowest BCUT2D eigenvalue weighted by atomic mass is 9.69. The number of allylic oxidation sites excluding steroid dienone is 2. The van der Waals surface area contributed by atoms with Gasteiger partial charge in [-0.05, 0) is 37.6 Å². The van der Waals surface area contributed by atoms with E-state index < -0.39 is 5.41 Å². The maximum Gasteiger partial charge on any atom is 0.128 e. The van der Waals surface area contributed by atoms with Crippen molar-refractivity contribution in [3.63, 3.8) is 0 Å². The van der Waals surface area contributed by atoms with Crippen LogP contribution in [0.2, 0.25) is 0 Å². The highest BCUT2D eigenvalue weighted by molar-refractivity contribution is 5.67. The van der Waals surface area contributed by atoms with Gasteiger partial charge >= 0.3 is 0 Å². The molecule has 1 heterocycles. The number of anilines is 1. The number of hydrogen-bond acceptors (Lipinski definition) is 6. The molecule has 1 aliphatic carbocycles. The number of nitrogens with one attached hydrogen (secondary N) is 1. The van der Waals surface area contributed by atoms with E-state index in [2.05, 4.69) is 29.4 Å². The van der Waals surface area contributed by atoms with Gasteiger partial charge in [-0.3, -0.25) is 4.98 Å². The fraction of sp³-hybridized carbons (Fsp3) is 0.375. The summed E-state index contributed by atoms with van der Waals surface area (Å²) in [7, 11) is 6.75. The van der Waals surface area contributed by atoms with Gasteiger partial charge in [-0.15, -0.1) is 0 Å². The van der Waals surface area contributed by atoms with E-state index in [1.807, 2.05) is 30.3 Å². The molecule has 6 nitrogen and oxygen atoms in total. The quantitative estimate of drug-likeness (QED) is 0.658. The van der Waals surface area contributed by atoms with Crippen LogP contribution in [0.25, 0.3) is 0 Å². The Balaban J connectivity index is 2.12. The SMILES string of the molecule is COC[C@@]1(c2c(NCc3ccccn3)cc(OC)cc2OC)CC=C(OC)C=C1C. The van der Waals surface area contributed by atoms with Gasteiger partial charge in [-0.1, -0.05) is 11.6 Å². The van der Waals surface area contributed by atoms with Gasteiger partial charge in [-0.2, -0.15) is 0 Å². The predicted octanol–water partition coefficient (Wildman–Crippen LogP) is 4.48. The molecule has 0 aliphatic heterocycles. The van der Waals surface area contributed by atoms with Crippen LogP contribution >= 0.6 is 0 Å². The molecular weight excluding hydrogens is 380 g/mol. The first kappa shape index (κ1) is 21.7. The van der Waals surface area contributed by atoms with Gasteiger partial charge in [0.05, 0.1) is 40.2 Å². The highest BCUT2D eigenvalue weighted by atomic mass is 16.5. The summed E-state index contributed by atoms with van der Waals surface area (Å²) in [5.74, 6) is 2.32. The lowest BCUT2D eigenvalue weighted by Crippen LogP contribution is -2.35. The Kier molecular flexibility index (Phi) is 7.00. The van der Waals surface area contributed by atoms with E-state index in [9.17, 15) is 0 Å². The Bertz CT molecular complexity index is 924. The highest BCUT2D eigenvalue weighted by Crippen LogP contribution is 2.49. The fourth-order valence-electron chi connectivity index (χ4n) is 3.97. The predicted molar refractivity (Wildman–Crippen MR) is 118 cm³/mol. The molecule has 0 radical (unpaired) electrons. The van der Waals surface area contributed by atoms with Gasteiger partial charge in [-0.25, -0.2) is 0 Å². The van der Waals surface area contributed by atoms with Gasteiger partial charge in [0, 0.05) is 42.1 Å². The summed E-state index contributed by atoms with van der Waals surface area (Å²) in [5.41, 5.74) is 3.65. The second-order valence-electron chi connectivity index (χ2n) is 7.28. The molecule has 1 atom stereocenters. The Morgan fingerprint density at radius 3 is 2.50 bits per heavy atom. The highest BCUT2D eigenvalue weighted by Gasteiger charge is 2.40. The van der Waals surface area contributed by atoms with Crippen molar-refractivity contribution >= 4 is 5.69 Å². The zero-order chi connectivity index (χ0) is 21.6. The summed E-state index contributed by atoms with van der Waals surface area (Å²) in [4.78, 5) is 4.42. The maximum absolute atomic E-state index is 5.84. The number of ether oxygens (including phenoxy) is 4. The van der Waals surface area contributed by atoms with Crippen molar-refractivity contribution in [1.82, 2.24) is 4.98 Å². The van der Waals surface area contributed by atoms with Gasteiger partial charge in [0.15, 0.2) is 0 Å². The molecule has 0 saturated carbocycles. The topological polar surface area (TPSA) is 61.8 Å². The number of nitrogens with zero attached hydrogens (tertiary/aromatic N) is 1. The van der Waals surface area contributed by atoms with Crippen LogP contribution in [0.4, 0.5) is 5.69 Å². The lowest BCUT2D eigenvalue weighted by Gasteiger charge is -2.39. The summed E-state index contributed by atoms with van der Waals surface area (Å²) >= 11 is 0. The fourth-order valence-corrected chi connectivity index (χ4v) is 3.97. The van der Waals surface area contributed by atoms with Crippen molar-refractivity contribution in [3.05, 3.63) is 71.3 Å². The van der Waals surface area contributed by atoms with Gasteiger partial charge in [0.2, 0.25) is 0 Å². The molecule has 0 fully saturated rings. The van der Waals surface area contributed by atoms with E-state index in [0.29, 0.717) is 13.2 Å². The Labute approximate surface area is 178 Å². The van der Waals surface area contributed by atoms with Crippen molar-refractivity contribution in [2.24, 2.45) is 0 Å². The molecule has 160 valence electrons. The average molecular weight is 411 g/mol. The first-order chi connectivity index (χ1) is 14.6. The molecule has 1 aromatic carbocycles. The Morgan fingerprint density at radius 2 is 1.90 bits per heavy atom. The minimum absolute atomic E-state index is 0.402. The molecule has 0 amide bonds. The molecule has 1 N–H and O–H groups in total. The van der Waals surface area contributed by atoms with Crippen molar-refractivity contribution < 1.29 is 18.9 Å². The minimum atomic E-state index is -0.402. The molecule has 0 spiro atoms. The molecule has 3 rings (SSSR count). The summed E-state index contributed by atoms with van der Waals surface area (Å²) in [6.45, 7) is 3.19. The average Bonchev–Trinajstić information content (AvgIpc) is 2.79. The molecule has 1 aromatic heterocycles. The van der Waals surface area contributed by atoms with E-state index in [4.69, 9.17) is 18.9 Å². The normalized spacial score (nSPS) is 18.3. The zero-order valence-electron chi connectivity index (χ0n) is 18.3. The van der Waals surface area contributed by atoms with E-state index in [-0.39, 0.29) is 0 Å². The van der Waals surface area contributed by atoms with Crippen LogP contribution in [-0.4, -0.2) is 40.0 Å². The Hall–Kier alpha value is -2.99. The van der Waals surface area contributed by atoms with Crippen molar-refractivity contribution in [3.8, 4) is 11.5 Å². The first-order valence-corrected chi connectivity index (χ1v) is 9.90. The third kappa shape index (κ3) is 4.28. The van der Waals surface area contributed by atoms with Crippen LogP contribution < -0.4 is 14.8 Å². The van der Waals surface area contributed by atoms with Crippen LogP contribution in [0.1, 0.15) is 24.6 Å². The molecular formula is C24H30N2O4. The second-order valence-corrected chi connectivity index (χ2v) is 7.28. The summed E-state index contributed by atoms with van der Waals surface area (Å²) in [6.07, 6.45) is 6.68. The standard InChI is InChI=1S/C24H30N2O4/c1-17-12-19(28-3)9-10-24(17,16-27-2)23-21(13-20(29-4)14-22(23)30-5)26-15-18-8-6-7-11-25-18/h6-9,11-14,26H,10,15-16H2,1-5H3/t24-/m0/s1. The molecule has 2 aromatic rings. The zero-order valence-corrected chi connectivity index (χ0v) is 18.3. The third-order valence-electron chi connectivity index (χ3n) is 5.59. The van der Waals surface area contributed by atoms with E-state index in [1.54, 1.807) is 34.6 Å². The van der Waals surface area contributed by atoms with Crippen LogP contribution in [0.3, 0.4) is 0 Å². The van der Waals surface area contributed by atoms with E-state index in [1.165, 1.54) is 0 Å². The monoisotopic (exact) mass is 410 g/mol. The van der Waals surface area contributed by atoms with Crippen molar-refractivity contribution in [1.29, 1.82) is 0 Å². The van der Waals surface area contributed by atoms with Crippen molar-refractivity contribution in [2.45, 2.75) is 25.3 Å². The molecule has 0 bridgehead atoms. The van der Waals surface area contributed by atoms with Gasteiger partial charge in [0.25, 0.3) is 0 Å². The summed E-state index contributed by atoms with van der Waals surface area (Å²) in [6, 6.07) is 9.80. The summed E-state index contributed by atoms with van der Waals surface area (Å²) < 4.78 is 22.5. The third-order valence-corrected chi connectivity index (χ3v) is 5.59. The molecule has 6 heteroatoms. The Morgan fingerprint density at radius 1 is 1.07 bits per heavy atom. The van der Waals surface area contributed by atoms with Crippen LogP contribution in [0.15, 0.2) is 60.0 Å². The summed E-state index contributed by atoms with van der Waals surface area (Å²) in [5, 5.41) is 3.55. The number of aromatic nitrogens is 1. The maximum atomic E-state index is 5.84. The smallest absolute Gasteiger partial charge is 0.128 e. The van der Waals surface area contributed by atoms with E-state index >= 15 is 0 Å².